The fourth-order valence-electron chi connectivity index (χ4n) is 1.65. The number of nitro groups is 1. The van der Waals surface area contributed by atoms with E-state index in [4.69, 9.17) is 21.6 Å². The molecular weight excluding hydrogens is 280 g/mol. The van der Waals surface area contributed by atoms with E-state index in [-0.39, 0.29) is 23.1 Å². The topological polar surface area (TPSA) is 76.2 Å². The van der Waals surface area contributed by atoms with Gasteiger partial charge in [-0.2, -0.15) is 5.26 Å². The van der Waals surface area contributed by atoms with Crippen molar-refractivity contribution in [2.45, 2.75) is 6.61 Å². The largest absolute Gasteiger partial charge is 0.482 e. The number of halogens is 1. The van der Waals surface area contributed by atoms with Crippen molar-refractivity contribution in [2.75, 3.05) is 0 Å². The van der Waals surface area contributed by atoms with Gasteiger partial charge in [-0.05, 0) is 29.8 Å². The summed E-state index contributed by atoms with van der Waals surface area (Å²) in [5.41, 5.74) is 1.08. The first-order valence-corrected chi connectivity index (χ1v) is 6.04. The van der Waals surface area contributed by atoms with Crippen molar-refractivity contribution in [1.29, 1.82) is 5.26 Å². The summed E-state index contributed by atoms with van der Waals surface area (Å²) in [6.07, 6.45) is 0. The molecule has 0 N–H and O–H groups in total. The van der Waals surface area contributed by atoms with Crippen LogP contribution in [0.15, 0.2) is 42.5 Å². The second kappa shape index (κ2) is 6.04. The molecule has 0 spiro atoms. The minimum Gasteiger partial charge on any atom is -0.482 e. The summed E-state index contributed by atoms with van der Waals surface area (Å²) in [7, 11) is 0. The Morgan fingerprint density at radius 3 is 2.80 bits per heavy atom. The molecule has 0 unspecified atom stereocenters. The zero-order valence-electron chi connectivity index (χ0n) is 10.2. The van der Waals surface area contributed by atoms with Crippen molar-refractivity contribution in [3.63, 3.8) is 0 Å². The number of rotatable bonds is 4. The van der Waals surface area contributed by atoms with E-state index >= 15 is 0 Å². The maximum Gasteiger partial charge on any atom is 0.312 e. The summed E-state index contributed by atoms with van der Waals surface area (Å²) in [6.45, 7) is 0.137. The second-order valence-corrected chi connectivity index (χ2v) is 4.41. The van der Waals surface area contributed by atoms with Crippen LogP contribution in [0.1, 0.15) is 11.1 Å². The van der Waals surface area contributed by atoms with Crippen LogP contribution in [0.25, 0.3) is 0 Å². The van der Waals surface area contributed by atoms with Gasteiger partial charge in [0.15, 0.2) is 5.75 Å². The van der Waals surface area contributed by atoms with Crippen LogP contribution in [0.2, 0.25) is 5.02 Å². The maximum atomic E-state index is 10.9. The first kappa shape index (κ1) is 13.8. The van der Waals surface area contributed by atoms with Crippen molar-refractivity contribution in [2.24, 2.45) is 0 Å². The normalized spacial score (nSPS) is 9.80. The van der Waals surface area contributed by atoms with Gasteiger partial charge in [0.2, 0.25) is 0 Å². The Labute approximate surface area is 120 Å². The Balaban J connectivity index is 2.19. The Kier molecular flexibility index (Phi) is 4.18. The van der Waals surface area contributed by atoms with Gasteiger partial charge in [-0.1, -0.05) is 23.7 Å². The number of nitrogens with zero attached hydrogens (tertiary/aromatic N) is 2. The molecule has 0 atom stereocenters. The third kappa shape index (κ3) is 3.25. The van der Waals surface area contributed by atoms with Gasteiger partial charge in [0.05, 0.1) is 16.6 Å². The van der Waals surface area contributed by atoms with E-state index in [2.05, 4.69) is 0 Å². The molecule has 0 heterocycles. The number of hydrogen-bond acceptors (Lipinski definition) is 4. The molecule has 0 saturated heterocycles. The molecule has 2 rings (SSSR count). The fourth-order valence-corrected chi connectivity index (χ4v) is 1.81. The molecule has 2 aromatic carbocycles. The molecule has 5 nitrogen and oxygen atoms in total. The Morgan fingerprint density at radius 1 is 1.30 bits per heavy atom. The average molecular weight is 289 g/mol. The van der Waals surface area contributed by atoms with Crippen LogP contribution in [0.4, 0.5) is 5.69 Å². The molecule has 0 aliphatic carbocycles. The number of nitro benzene ring substituents is 1. The number of ether oxygens (including phenoxy) is 1. The van der Waals surface area contributed by atoms with E-state index in [1.54, 1.807) is 24.3 Å². The third-order valence-corrected chi connectivity index (χ3v) is 2.80. The van der Waals surface area contributed by atoms with Crippen LogP contribution in [0, 0.1) is 21.4 Å². The summed E-state index contributed by atoms with van der Waals surface area (Å²) in [5, 5.41) is 20.0. The summed E-state index contributed by atoms with van der Waals surface area (Å²) < 4.78 is 5.43. The Morgan fingerprint density at radius 2 is 2.10 bits per heavy atom. The fraction of sp³-hybridized carbons (Fsp3) is 0.0714. The smallest absolute Gasteiger partial charge is 0.312 e. The molecule has 20 heavy (non-hydrogen) atoms. The molecule has 0 amide bonds. The summed E-state index contributed by atoms with van der Waals surface area (Å²) in [6, 6.07) is 13.1. The maximum absolute atomic E-state index is 10.9. The predicted molar refractivity (Wildman–Crippen MR) is 73.6 cm³/mol. The van der Waals surface area contributed by atoms with Crippen molar-refractivity contribution in [3.05, 3.63) is 68.7 Å². The third-order valence-electron chi connectivity index (χ3n) is 2.57. The summed E-state index contributed by atoms with van der Waals surface area (Å²) in [4.78, 5) is 10.4. The summed E-state index contributed by atoms with van der Waals surface area (Å²) in [5.74, 6) is 0.141. The number of nitriles is 1. The van der Waals surface area contributed by atoms with Gasteiger partial charge >= 0.3 is 5.69 Å². The lowest BCUT2D eigenvalue weighted by molar-refractivity contribution is -0.385. The van der Waals surface area contributed by atoms with Gasteiger partial charge in [-0.3, -0.25) is 10.1 Å². The highest BCUT2D eigenvalue weighted by Crippen LogP contribution is 2.30. The standard InChI is InChI=1S/C14H9ClN2O3/c15-12-4-5-14(13(7-12)17(18)19)20-9-11-3-1-2-10(6-11)8-16/h1-7H,9H2. The SMILES string of the molecule is N#Cc1cccc(COc2ccc(Cl)cc2[N+](=O)[O-])c1. The highest BCUT2D eigenvalue weighted by Gasteiger charge is 2.15. The molecule has 0 aliphatic heterocycles. The van der Waals surface area contributed by atoms with E-state index in [0.29, 0.717) is 5.56 Å². The van der Waals surface area contributed by atoms with E-state index in [1.165, 1.54) is 18.2 Å². The van der Waals surface area contributed by atoms with Gasteiger partial charge in [-0.15, -0.1) is 0 Å². The second-order valence-electron chi connectivity index (χ2n) is 3.97. The molecule has 6 heteroatoms. The molecule has 0 bridgehead atoms. The highest BCUT2D eigenvalue weighted by molar-refractivity contribution is 6.30. The van der Waals surface area contributed by atoms with Crippen LogP contribution in [-0.2, 0) is 6.61 Å². The van der Waals surface area contributed by atoms with E-state index in [0.717, 1.165) is 5.56 Å². The monoisotopic (exact) mass is 288 g/mol. The van der Waals surface area contributed by atoms with Crippen molar-refractivity contribution >= 4 is 17.3 Å². The quantitative estimate of drug-likeness (QED) is 0.635. The minimum absolute atomic E-state index is 0.137. The van der Waals surface area contributed by atoms with Gasteiger partial charge in [0.25, 0.3) is 0 Å². The zero-order chi connectivity index (χ0) is 14.5. The first-order valence-electron chi connectivity index (χ1n) is 5.66. The molecular formula is C14H9ClN2O3. The molecule has 0 aliphatic rings. The Hall–Kier alpha value is -2.58. The Bertz CT molecular complexity index is 695. The van der Waals surface area contributed by atoms with E-state index < -0.39 is 4.92 Å². The van der Waals surface area contributed by atoms with Crippen LogP contribution < -0.4 is 4.74 Å². The van der Waals surface area contributed by atoms with Crippen molar-refractivity contribution in [3.8, 4) is 11.8 Å². The lowest BCUT2D eigenvalue weighted by atomic mass is 10.1. The molecule has 0 fully saturated rings. The van der Waals surface area contributed by atoms with Gasteiger partial charge in [0, 0.05) is 11.1 Å². The molecule has 100 valence electrons. The van der Waals surface area contributed by atoms with E-state index in [9.17, 15) is 10.1 Å². The van der Waals surface area contributed by atoms with Gasteiger partial charge < -0.3 is 4.74 Å². The molecule has 0 radical (unpaired) electrons. The van der Waals surface area contributed by atoms with Gasteiger partial charge in [0.1, 0.15) is 6.61 Å². The predicted octanol–water partition coefficient (Wildman–Crippen LogP) is 3.70. The summed E-state index contributed by atoms with van der Waals surface area (Å²) >= 11 is 5.72. The van der Waals surface area contributed by atoms with Gasteiger partial charge in [-0.25, -0.2) is 0 Å². The average Bonchev–Trinajstić information content (AvgIpc) is 2.46. The van der Waals surface area contributed by atoms with Crippen LogP contribution in [0.3, 0.4) is 0 Å². The van der Waals surface area contributed by atoms with Crippen LogP contribution in [0.5, 0.6) is 5.75 Å². The number of benzene rings is 2. The highest BCUT2D eigenvalue weighted by atomic mass is 35.5. The van der Waals surface area contributed by atoms with Crippen LogP contribution in [-0.4, -0.2) is 4.92 Å². The van der Waals surface area contributed by atoms with Crippen LogP contribution >= 0.6 is 11.6 Å². The van der Waals surface area contributed by atoms with Crippen molar-refractivity contribution in [1.82, 2.24) is 0 Å². The van der Waals surface area contributed by atoms with E-state index in [1.807, 2.05) is 6.07 Å². The minimum atomic E-state index is -0.549. The molecule has 0 saturated carbocycles. The first-order chi connectivity index (χ1) is 9.60. The molecule has 2 aromatic rings. The zero-order valence-corrected chi connectivity index (χ0v) is 11.0. The molecule has 0 aromatic heterocycles. The lowest BCUT2D eigenvalue weighted by Gasteiger charge is -2.07. The van der Waals surface area contributed by atoms with Crippen molar-refractivity contribution < 1.29 is 9.66 Å². The lowest BCUT2D eigenvalue weighted by Crippen LogP contribution is -1.99. The number of hydrogen-bond donors (Lipinski definition) is 0.